The Balaban J connectivity index is 3.72. The Hall–Kier alpha value is -0.330. The first-order chi connectivity index (χ1) is 8.06. The quantitative estimate of drug-likeness (QED) is 0.501. The summed E-state index contributed by atoms with van der Waals surface area (Å²) in [7, 11) is 0. The van der Waals surface area contributed by atoms with Crippen LogP contribution >= 0.6 is 11.8 Å². The molecule has 18 heavy (non-hydrogen) atoms. The normalized spacial score (nSPS) is 13.1. The van der Waals surface area contributed by atoms with Crippen molar-refractivity contribution in [1.82, 2.24) is 0 Å². The Morgan fingerprint density at radius 2 is 1.67 bits per heavy atom. The Morgan fingerprint density at radius 3 is 2.11 bits per heavy atom. The van der Waals surface area contributed by atoms with Crippen molar-refractivity contribution in [2.24, 2.45) is 5.92 Å². The summed E-state index contributed by atoms with van der Waals surface area (Å²) in [5.41, 5.74) is 0. The maximum Gasteiger partial charge on any atom is 0.453 e. The lowest BCUT2D eigenvalue weighted by Gasteiger charge is -2.19. The summed E-state index contributed by atoms with van der Waals surface area (Å²) >= 11 is 0.998. The van der Waals surface area contributed by atoms with Crippen LogP contribution in [0.2, 0.25) is 0 Å². The van der Waals surface area contributed by atoms with Gasteiger partial charge in [0.1, 0.15) is 0 Å². The maximum atomic E-state index is 12.5. The van der Waals surface area contributed by atoms with Crippen molar-refractivity contribution >= 4 is 16.9 Å². The third-order valence-electron chi connectivity index (χ3n) is 2.14. The Morgan fingerprint density at radius 1 is 1.11 bits per heavy atom. The van der Waals surface area contributed by atoms with E-state index in [1.54, 1.807) is 0 Å². The van der Waals surface area contributed by atoms with Gasteiger partial charge in [-0.15, -0.1) is 0 Å². The molecule has 0 aliphatic carbocycles. The predicted molar refractivity (Wildman–Crippen MR) is 61.8 cm³/mol. The fourth-order valence-electron chi connectivity index (χ4n) is 1.17. The second kappa shape index (κ2) is 7.31. The molecular weight excluding hydrogens is 275 g/mol. The molecule has 1 nitrogen and oxygen atoms in total. The van der Waals surface area contributed by atoms with E-state index in [0.717, 1.165) is 11.8 Å². The molecule has 0 amide bonds. The molecule has 0 aliphatic rings. The first-order valence-electron chi connectivity index (χ1n) is 5.66. The van der Waals surface area contributed by atoms with Gasteiger partial charge in [-0.05, 0) is 18.8 Å². The van der Waals surface area contributed by atoms with E-state index < -0.39 is 18.5 Å². The van der Waals surface area contributed by atoms with Gasteiger partial charge in [-0.25, -0.2) is 0 Å². The van der Waals surface area contributed by atoms with E-state index in [-0.39, 0.29) is 23.9 Å². The molecular formula is C11H17F5OS. The molecule has 0 bridgehead atoms. The third kappa shape index (κ3) is 7.18. The Labute approximate surface area is 108 Å². The molecule has 0 heterocycles. The summed E-state index contributed by atoms with van der Waals surface area (Å²) in [4.78, 5) is 11.2. The lowest BCUT2D eigenvalue weighted by atomic mass is 10.1. The molecule has 0 aromatic carbocycles. The summed E-state index contributed by atoms with van der Waals surface area (Å²) in [6, 6.07) is 0. The number of rotatable bonds is 7. The van der Waals surface area contributed by atoms with E-state index in [0.29, 0.717) is 12.2 Å². The second-order valence-corrected chi connectivity index (χ2v) is 5.63. The minimum Gasteiger partial charge on any atom is -0.287 e. The van der Waals surface area contributed by atoms with E-state index in [1.807, 2.05) is 13.8 Å². The van der Waals surface area contributed by atoms with Gasteiger partial charge >= 0.3 is 12.1 Å². The van der Waals surface area contributed by atoms with Crippen molar-refractivity contribution in [2.75, 3.05) is 5.75 Å². The number of carbonyl (C=O) groups excluding carboxylic acids is 1. The van der Waals surface area contributed by atoms with Gasteiger partial charge in [0, 0.05) is 18.6 Å². The predicted octanol–water partition coefficient (Wildman–Crippen LogP) is 4.66. The average Bonchev–Trinajstić information content (AvgIpc) is 2.13. The summed E-state index contributed by atoms with van der Waals surface area (Å²) in [5.74, 6) is -4.11. The van der Waals surface area contributed by atoms with Gasteiger partial charge in [0.25, 0.3) is 0 Å². The van der Waals surface area contributed by atoms with Crippen LogP contribution in [0.4, 0.5) is 22.0 Å². The van der Waals surface area contributed by atoms with Crippen molar-refractivity contribution in [3.05, 3.63) is 0 Å². The molecule has 0 aromatic rings. The molecule has 0 saturated heterocycles. The molecule has 0 spiro atoms. The Kier molecular flexibility index (Phi) is 7.17. The minimum absolute atomic E-state index is 0.0485. The average molecular weight is 292 g/mol. The fourth-order valence-corrected chi connectivity index (χ4v) is 2.20. The van der Waals surface area contributed by atoms with E-state index in [2.05, 4.69) is 0 Å². The molecule has 0 rings (SSSR count). The zero-order chi connectivity index (χ0) is 14.4. The van der Waals surface area contributed by atoms with Crippen LogP contribution in [-0.2, 0) is 4.79 Å². The highest BCUT2D eigenvalue weighted by Crippen LogP contribution is 2.39. The van der Waals surface area contributed by atoms with Gasteiger partial charge in [-0.2, -0.15) is 22.0 Å². The molecule has 0 radical (unpaired) electrons. The fraction of sp³-hybridized carbons (Fsp3) is 0.909. The maximum absolute atomic E-state index is 12.5. The molecule has 7 heteroatoms. The van der Waals surface area contributed by atoms with E-state index in [9.17, 15) is 26.7 Å². The van der Waals surface area contributed by atoms with Crippen LogP contribution in [0, 0.1) is 5.92 Å². The lowest BCUT2D eigenvalue weighted by Crippen LogP contribution is -2.36. The van der Waals surface area contributed by atoms with Gasteiger partial charge < -0.3 is 0 Å². The first-order valence-corrected chi connectivity index (χ1v) is 6.65. The van der Waals surface area contributed by atoms with Crippen LogP contribution in [0.1, 0.15) is 39.5 Å². The van der Waals surface area contributed by atoms with Crippen molar-refractivity contribution in [3.63, 3.8) is 0 Å². The smallest absolute Gasteiger partial charge is 0.287 e. The molecule has 0 unspecified atom stereocenters. The van der Waals surface area contributed by atoms with E-state index >= 15 is 0 Å². The van der Waals surface area contributed by atoms with E-state index in [4.69, 9.17) is 0 Å². The largest absolute Gasteiger partial charge is 0.453 e. The molecule has 0 atom stereocenters. The molecule has 0 fully saturated rings. The van der Waals surface area contributed by atoms with Crippen molar-refractivity contribution in [3.8, 4) is 0 Å². The number of hydrogen-bond donors (Lipinski definition) is 0. The second-order valence-electron chi connectivity index (χ2n) is 4.48. The highest BCUT2D eigenvalue weighted by atomic mass is 32.2. The molecule has 0 saturated carbocycles. The molecule has 0 aromatic heterocycles. The van der Waals surface area contributed by atoms with Crippen LogP contribution in [0.15, 0.2) is 0 Å². The van der Waals surface area contributed by atoms with Gasteiger partial charge in [0.15, 0.2) is 5.12 Å². The van der Waals surface area contributed by atoms with Crippen LogP contribution in [0.5, 0.6) is 0 Å². The van der Waals surface area contributed by atoms with Crippen LogP contribution in [-0.4, -0.2) is 23.0 Å². The van der Waals surface area contributed by atoms with Crippen LogP contribution < -0.4 is 0 Å². The van der Waals surface area contributed by atoms with Crippen LogP contribution in [0.25, 0.3) is 0 Å². The minimum atomic E-state index is -5.48. The first kappa shape index (κ1) is 17.7. The number of thioether (sulfide) groups is 1. The highest BCUT2D eigenvalue weighted by Gasteiger charge is 2.56. The summed E-state index contributed by atoms with van der Waals surface area (Å²) in [6.07, 6.45) is -6.36. The number of carbonyl (C=O) groups is 1. The highest BCUT2D eigenvalue weighted by molar-refractivity contribution is 8.13. The SMILES string of the molecule is CC(C)CC(=O)SCCCCC(F)(F)C(F)(F)F. The molecule has 0 N–H and O–H groups in total. The number of unbranched alkanes of at least 4 members (excludes halogenated alkanes) is 1. The monoisotopic (exact) mass is 292 g/mol. The third-order valence-corrected chi connectivity index (χ3v) is 3.12. The number of hydrogen-bond acceptors (Lipinski definition) is 2. The van der Waals surface area contributed by atoms with E-state index in [1.165, 1.54) is 0 Å². The topological polar surface area (TPSA) is 17.1 Å². The van der Waals surface area contributed by atoms with Crippen molar-refractivity contribution in [1.29, 1.82) is 0 Å². The number of halogens is 5. The number of alkyl halides is 5. The van der Waals surface area contributed by atoms with Gasteiger partial charge in [0.05, 0.1) is 0 Å². The van der Waals surface area contributed by atoms with Crippen LogP contribution in [0.3, 0.4) is 0 Å². The summed E-state index contributed by atoms with van der Waals surface area (Å²) in [6.45, 7) is 3.75. The molecule has 108 valence electrons. The van der Waals surface area contributed by atoms with Crippen molar-refractivity contribution < 1.29 is 26.7 Å². The summed E-state index contributed by atoms with van der Waals surface area (Å²) < 4.78 is 60.4. The van der Waals surface area contributed by atoms with Gasteiger partial charge in [-0.1, -0.05) is 25.6 Å². The summed E-state index contributed by atoms with van der Waals surface area (Å²) in [5, 5.41) is -0.0485. The Bertz CT molecular complexity index is 263. The molecule has 0 aliphatic heterocycles. The zero-order valence-electron chi connectivity index (χ0n) is 10.3. The zero-order valence-corrected chi connectivity index (χ0v) is 11.1. The van der Waals surface area contributed by atoms with Gasteiger partial charge in [0.2, 0.25) is 0 Å². The van der Waals surface area contributed by atoms with Crippen molar-refractivity contribution in [2.45, 2.75) is 51.6 Å². The van der Waals surface area contributed by atoms with Gasteiger partial charge in [-0.3, -0.25) is 4.79 Å². The standard InChI is InChI=1S/C11H17F5OS/c1-8(2)7-9(17)18-6-4-3-5-10(12,13)11(14,15)16/h8H,3-7H2,1-2H3. The lowest BCUT2D eigenvalue weighted by molar-refractivity contribution is -0.284.